The molecule has 0 amide bonds. The first kappa shape index (κ1) is 13.7. The highest BCUT2D eigenvalue weighted by Gasteiger charge is 2.54. The summed E-state index contributed by atoms with van der Waals surface area (Å²) in [4.78, 5) is 0. The van der Waals surface area contributed by atoms with Gasteiger partial charge in [-0.25, -0.2) is 0 Å². The standard InChI is InChI=1S/C8H16O8/c9-1-3(11)6-4(12)5(13)7(14)8(15,2-10)16-6/h3-7,9-15H,1-2H2/t3-,4+,5+,6?,7?,8+/m1/s1. The highest BCUT2D eigenvalue weighted by molar-refractivity contribution is 4.97. The smallest absolute Gasteiger partial charge is 0.219 e. The minimum Gasteiger partial charge on any atom is -0.394 e. The molecule has 1 fully saturated rings. The quantitative estimate of drug-likeness (QED) is 0.261. The Morgan fingerprint density at radius 3 is 2.12 bits per heavy atom. The Morgan fingerprint density at radius 1 is 1.12 bits per heavy atom. The summed E-state index contributed by atoms with van der Waals surface area (Å²) in [6.45, 7) is -1.81. The molecule has 16 heavy (non-hydrogen) atoms. The highest BCUT2D eigenvalue weighted by atomic mass is 16.7. The Morgan fingerprint density at radius 2 is 1.69 bits per heavy atom. The Balaban J connectivity index is 2.90. The van der Waals surface area contributed by atoms with Crippen molar-refractivity contribution in [1.29, 1.82) is 0 Å². The molecule has 0 spiro atoms. The van der Waals surface area contributed by atoms with Gasteiger partial charge >= 0.3 is 0 Å². The van der Waals surface area contributed by atoms with Gasteiger partial charge in [0.15, 0.2) is 0 Å². The van der Waals surface area contributed by atoms with Crippen LogP contribution in [0.4, 0.5) is 0 Å². The molecule has 2 unspecified atom stereocenters. The van der Waals surface area contributed by atoms with E-state index in [1.807, 2.05) is 0 Å². The van der Waals surface area contributed by atoms with Gasteiger partial charge in [0.2, 0.25) is 5.79 Å². The van der Waals surface area contributed by atoms with E-state index in [0.717, 1.165) is 0 Å². The molecular weight excluding hydrogens is 224 g/mol. The van der Waals surface area contributed by atoms with Crippen molar-refractivity contribution in [3.05, 3.63) is 0 Å². The van der Waals surface area contributed by atoms with Crippen LogP contribution >= 0.6 is 0 Å². The fourth-order valence-corrected chi connectivity index (χ4v) is 1.56. The van der Waals surface area contributed by atoms with Gasteiger partial charge in [0.1, 0.15) is 30.5 Å². The second-order valence-electron chi connectivity index (χ2n) is 3.76. The first-order valence-corrected chi connectivity index (χ1v) is 4.71. The molecular formula is C8H16O8. The van der Waals surface area contributed by atoms with E-state index < -0.39 is 49.5 Å². The predicted molar refractivity (Wildman–Crippen MR) is 48.0 cm³/mol. The number of aliphatic hydroxyl groups is 7. The Hall–Kier alpha value is -0.320. The molecule has 7 N–H and O–H groups in total. The van der Waals surface area contributed by atoms with Crippen molar-refractivity contribution >= 4 is 0 Å². The van der Waals surface area contributed by atoms with E-state index in [1.54, 1.807) is 0 Å². The van der Waals surface area contributed by atoms with Crippen molar-refractivity contribution in [2.45, 2.75) is 36.3 Å². The molecule has 1 rings (SSSR count). The van der Waals surface area contributed by atoms with Crippen molar-refractivity contribution in [1.82, 2.24) is 0 Å². The predicted octanol–water partition coefficient (Wildman–Crippen LogP) is -4.50. The molecule has 0 bridgehead atoms. The van der Waals surface area contributed by atoms with Crippen LogP contribution in [-0.4, -0.2) is 85.3 Å². The van der Waals surface area contributed by atoms with E-state index in [1.165, 1.54) is 0 Å². The Kier molecular flexibility index (Phi) is 4.21. The van der Waals surface area contributed by atoms with Gasteiger partial charge < -0.3 is 40.5 Å². The van der Waals surface area contributed by atoms with E-state index in [2.05, 4.69) is 0 Å². The second kappa shape index (κ2) is 4.90. The van der Waals surface area contributed by atoms with E-state index in [4.69, 9.17) is 14.9 Å². The fourth-order valence-electron chi connectivity index (χ4n) is 1.56. The minimum atomic E-state index is -2.49. The summed E-state index contributed by atoms with van der Waals surface area (Å²) in [6.07, 6.45) is -8.49. The molecule has 0 saturated carbocycles. The van der Waals surface area contributed by atoms with E-state index in [9.17, 15) is 25.5 Å². The van der Waals surface area contributed by atoms with E-state index >= 15 is 0 Å². The van der Waals surface area contributed by atoms with Crippen molar-refractivity contribution in [2.24, 2.45) is 0 Å². The lowest BCUT2D eigenvalue weighted by molar-refractivity contribution is -0.365. The lowest BCUT2D eigenvalue weighted by Gasteiger charge is -2.45. The number of aliphatic hydroxyl groups excluding tert-OH is 6. The van der Waals surface area contributed by atoms with Crippen molar-refractivity contribution < 1.29 is 40.5 Å². The van der Waals surface area contributed by atoms with Crippen LogP contribution in [0.3, 0.4) is 0 Å². The van der Waals surface area contributed by atoms with Gasteiger partial charge in [-0.05, 0) is 0 Å². The first-order chi connectivity index (χ1) is 7.37. The number of hydrogen-bond donors (Lipinski definition) is 7. The molecule has 1 saturated heterocycles. The summed E-state index contributed by atoms with van der Waals surface area (Å²) < 4.78 is 4.71. The SMILES string of the molecule is OC[C@@H](O)C1O[C@@](O)(CO)C(O)[C@@H](O)[C@@H]1O. The zero-order valence-electron chi connectivity index (χ0n) is 8.34. The van der Waals surface area contributed by atoms with Gasteiger partial charge in [-0.2, -0.15) is 0 Å². The molecule has 1 heterocycles. The van der Waals surface area contributed by atoms with E-state index in [-0.39, 0.29) is 0 Å². The molecule has 0 aromatic rings. The summed E-state index contributed by atoms with van der Waals surface area (Å²) in [5.74, 6) is -2.49. The average molecular weight is 240 g/mol. The van der Waals surface area contributed by atoms with Crippen LogP contribution < -0.4 is 0 Å². The molecule has 1 aliphatic rings. The van der Waals surface area contributed by atoms with Gasteiger partial charge in [-0.15, -0.1) is 0 Å². The van der Waals surface area contributed by atoms with Crippen LogP contribution in [0.1, 0.15) is 0 Å². The van der Waals surface area contributed by atoms with Gasteiger partial charge in [0.25, 0.3) is 0 Å². The number of ether oxygens (including phenoxy) is 1. The van der Waals surface area contributed by atoms with Crippen LogP contribution in [-0.2, 0) is 4.74 Å². The van der Waals surface area contributed by atoms with Gasteiger partial charge in [0.05, 0.1) is 13.2 Å². The van der Waals surface area contributed by atoms with Crippen LogP contribution in [0.5, 0.6) is 0 Å². The molecule has 96 valence electrons. The fraction of sp³-hybridized carbons (Fsp3) is 1.00. The first-order valence-electron chi connectivity index (χ1n) is 4.71. The molecule has 1 aliphatic heterocycles. The molecule has 0 radical (unpaired) electrons. The monoisotopic (exact) mass is 240 g/mol. The summed E-state index contributed by atoms with van der Waals surface area (Å²) in [6, 6.07) is 0. The lowest BCUT2D eigenvalue weighted by atomic mass is 9.90. The highest BCUT2D eigenvalue weighted by Crippen LogP contribution is 2.29. The summed E-state index contributed by atoms with van der Waals surface area (Å²) in [5.41, 5.74) is 0. The summed E-state index contributed by atoms with van der Waals surface area (Å²) in [7, 11) is 0. The zero-order valence-corrected chi connectivity index (χ0v) is 8.34. The molecule has 6 atom stereocenters. The van der Waals surface area contributed by atoms with Crippen LogP contribution in [0.2, 0.25) is 0 Å². The van der Waals surface area contributed by atoms with Crippen LogP contribution in [0.25, 0.3) is 0 Å². The lowest BCUT2D eigenvalue weighted by Crippen LogP contribution is -2.68. The Bertz CT molecular complexity index is 234. The molecule has 8 heteroatoms. The number of rotatable bonds is 3. The third-order valence-corrected chi connectivity index (χ3v) is 2.61. The van der Waals surface area contributed by atoms with Crippen molar-refractivity contribution in [2.75, 3.05) is 13.2 Å². The largest absolute Gasteiger partial charge is 0.394 e. The molecule has 0 aromatic carbocycles. The van der Waals surface area contributed by atoms with E-state index in [0.29, 0.717) is 0 Å². The summed E-state index contributed by atoms with van der Waals surface area (Å²) >= 11 is 0. The maximum Gasteiger partial charge on any atom is 0.219 e. The third-order valence-electron chi connectivity index (χ3n) is 2.61. The minimum absolute atomic E-state index is 0.772. The zero-order chi connectivity index (χ0) is 12.5. The van der Waals surface area contributed by atoms with Crippen LogP contribution in [0, 0.1) is 0 Å². The maximum atomic E-state index is 9.57. The molecule has 0 aliphatic carbocycles. The average Bonchev–Trinajstić information content (AvgIpc) is 2.30. The van der Waals surface area contributed by atoms with Crippen molar-refractivity contribution in [3.8, 4) is 0 Å². The van der Waals surface area contributed by atoms with Crippen molar-refractivity contribution in [3.63, 3.8) is 0 Å². The van der Waals surface area contributed by atoms with Gasteiger partial charge in [-0.1, -0.05) is 0 Å². The van der Waals surface area contributed by atoms with Gasteiger partial charge in [0, 0.05) is 0 Å². The van der Waals surface area contributed by atoms with Gasteiger partial charge in [-0.3, -0.25) is 0 Å². The summed E-state index contributed by atoms with van der Waals surface area (Å²) in [5, 5.41) is 64.5. The Labute approximate surface area is 91.0 Å². The maximum absolute atomic E-state index is 9.57. The third kappa shape index (κ3) is 2.19. The second-order valence-corrected chi connectivity index (χ2v) is 3.76. The topological polar surface area (TPSA) is 151 Å². The normalized spacial score (nSPS) is 46.7. The van der Waals surface area contributed by atoms with Crippen LogP contribution in [0.15, 0.2) is 0 Å². The number of hydrogen-bond acceptors (Lipinski definition) is 8. The molecule has 0 aromatic heterocycles. The molecule has 8 nitrogen and oxygen atoms in total.